The molecular weight excluding hydrogens is 315 g/mol. The van der Waals surface area contributed by atoms with Crippen LogP contribution < -0.4 is 5.32 Å². The van der Waals surface area contributed by atoms with Gasteiger partial charge in [0.05, 0.1) is 16.9 Å². The standard InChI is InChI=1S/C15H22F3NO4/c1-13(2,15(16,17)18)8-11(20)19-10-3-4-23-14(7-10)5-9(6-14)12(21)22/h9-10H,3-8H2,1-2H3,(H,19,20)(H,21,22). The fourth-order valence-electron chi connectivity index (χ4n) is 3.23. The van der Waals surface area contributed by atoms with Gasteiger partial charge in [-0.05, 0) is 25.7 Å². The highest BCUT2D eigenvalue weighted by molar-refractivity contribution is 5.77. The number of ether oxygens (including phenoxy) is 1. The van der Waals surface area contributed by atoms with Gasteiger partial charge in [-0.25, -0.2) is 0 Å². The number of hydrogen-bond acceptors (Lipinski definition) is 3. The molecule has 1 amide bonds. The van der Waals surface area contributed by atoms with E-state index >= 15 is 0 Å². The van der Waals surface area contributed by atoms with Crippen LogP contribution in [0.25, 0.3) is 0 Å². The van der Waals surface area contributed by atoms with Crippen molar-refractivity contribution < 1.29 is 32.6 Å². The molecule has 2 fully saturated rings. The Morgan fingerprint density at radius 1 is 1.26 bits per heavy atom. The van der Waals surface area contributed by atoms with E-state index < -0.39 is 41.4 Å². The second-order valence-electron chi connectivity index (χ2n) is 7.29. The Bertz CT molecular complexity index is 484. The van der Waals surface area contributed by atoms with Gasteiger partial charge in [-0.1, -0.05) is 13.8 Å². The van der Waals surface area contributed by atoms with Gasteiger partial charge < -0.3 is 15.2 Å². The number of rotatable bonds is 4. The number of carboxylic acid groups (broad SMARTS) is 1. The van der Waals surface area contributed by atoms with Crippen LogP contribution in [0.4, 0.5) is 13.2 Å². The van der Waals surface area contributed by atoms with E-state index in [2.05, 4.69) is 5.32 Å². The number of carboxylic acids is 1. The van der Waals surface area contributed by atoms with Crippen molar-refractivity contribution in [2.24, 2.45) is 11.3 Å². The predicted octanol–water partition coefficient (Wildman–Crippen LogP) is 2.49. The second kappa shape index (κ2) is 5.96. The molecule has 0 aromatic heterocycles. The Morgan fingerprint density at radius 3 is 2.39 bits per heavy atom. The number of halogens is 3. The maximum absolute atomic E-state index is 12.8. The average Bonchev–Trinajstić information content (AvgIpc) is 2.33. The summed E-state index contributed by atoms with van der Waals surface area (Å²) in [4.78, 5) is 22.8. The highest BCUT2D eigenvalue weighted by Gasteiger charge is 2.52. The quantitative estimate of drug-likeness (QED) is 0.826. The van der Waals surface area contributed by atoms with Crippen LogP contribution in [0, 0.1) is 11.3 Å². The van der Waals surface area contributed by atoms with Gasteiger partial charge in [0.2, 0.25) is 5.91 Å². The number of hydrogen-bond donors (Lipinski definition) is 2. The molecule has 23 heavy (non-hydrogen) atoms. The van der Waals surface area contributed by atoms with Gasteiger partial charge in [0.25, 0.3) is 0 Å². The largest absolute Gasteiger partial charge is 0.481 e. The van der Waals surface area contributed by atoms with Gasteiger partial charge in [-0.2, -0.15) is 13.2 Å². The Kier molecular flexibility index (Phi) is 4.67. The number of alkyl halides is 3. The van der Waals surface area contributed by atoms with E-state index in [1.807, 2.05) is 0 Å². The van der Waals surface area contributed by atoms with Crippen molar-refractivity contribution in [2.75, 3.05) is 6.61 Å². The average molecular weight is 337 g/mol. The molecule has 0 aromatic rings. The number of carbonyl (C=O) groups excluding carboxylic acids is 1. The molecule has 1 aliphatic heterocycles. The van der Waals surface area contributed by atoms with Gasteiger partial charge in [0.1, 0.15) is 0 Å². The van der Waals surface area contributed by atoms with Gasteiger partial charge in [0, 0.05) is 19.1 Å². The van der Waals surface area contributed by atoms with Crippen molar-refractivity contribution >= 4 is 11.9 Å². The van der Waals surface area contributed by atoms with Crippen LogP contribution in [-0.2, 0) is 14.3 Å². The Balaban J connectivity index is 1.86. The van der Waals surface area contributed by atoms with Gasteiger partial charge in [0.15, 0.2) is 0 Å². The van der Waals surface area contributed by atoms with Crippen molar-refractivity contribution in [2.45, 2.75) is 63.8 Å². The molecule has 1 aliphatic carbocycles. The van der Waals surface area contributed by atoms with Crippen molar-refractivity contribution in [3.63, 3.8) is 0 Å². The summed E-state index contributed by atoms with van der Waals surface area (Å²) < 4.78 is 44.1. The topological polar surface area (TPSA) is 75.6 Å². The highest BCUT2D eigenvalue weighted by atomic mass is 19.4. The maximum Gasteiger partial charge on any atom is 0.394 e. The minimum atomic E-state index is -4.44. The summed E-state index contributed by atoms with van der Waals surface area (Å²) in [6.45, 7) is 2.38. The van der Waals surface area contributed by atoms with Crippen LogP contribution in [0.2, 0.25) is 0 Å². The molecule has 2 N–H and O–H groups in total. The SMILES string of the molecule is CC(C)(CC(=O)NC1CCOC2(C1)CC(C(=O)O)C2)C(F)(F)F. The summed E-state index contributed by atoms with van der Waals surface area (Å²) in [5.41, 5.74) is -2.62. The fourth-order valence-corrected chi connectivity index (χ4v) is 3.23. The van der Waals surface area contributed by atoms with E-state index in [1.165, 1.54) is 0 Å². The molecule has 2 aliphatic rings. The van der Waals surface area contributed by atoms with Crippen molar-refractivity contribution in [3.05, 3.63) is 0 Å². The van der Waals surface area contributed by atoms with Crippen molar-refractivity contribution in [1.82, 2.24) is 5.32 Å². The van der Waals surface area contributed by atoms with E-state index in [0.717, 1.165) is 13.8 Å². The molecule has 2 rings (SSSR count). The number of amides is 1. The van der Waals surface area contributed by atoms with E-state index in [1.54, 1.807) is 0 Å². The van der Waals surface area contributed by atoms with Crippen LogP contribution >= 0.6 is 0 Å². The summed E-state index contributed by atoms with van der Waals surface area (Å²) in [7, 11) is 0. The minimum absolute atomic E-state index is 0.268. The first-order chi connectivity index (χ1) is 10.4. The minimum Gasteiger partial charge on any atom is -0.481 e. The fraction of sp³-hybridized carbons (Fsp3) is 0.867. The highest BCUT2D eigenvalue weighted by Crippen LogP contribution is 2.46. The Morgan fingerprint density at radius 2 is 1.87 bits per heavy atom. The smallest absolute Gasteiger partial charge is 0.394 e. The summed E-state index contributed by atoms with van der Waals surface area (Å²) in [6.07, 6.45) is -3.30. The zero-order valence-electron chi connectivity index (χ0n) is 13.2. The maximum atomic E-state index is 12.8. The van der Waals surface area contributed by atoms with E-state index in [9.17, 15) is 22.8 Å². The summed E-state index contributed by atoms with van der Waals surface area (Å²) in [5, 5.41) is 11.6. The van der Waals surface area contributed by atoms with Crippen LogP contribution in [0.1, 0.15) is 46.0 Å². The lowest BCUT2D eigenvalue weighted by Gasteiger charge is -2.50. The number of aliphatic carboxylic acids is 1. The van der Waals surface area contributed by atoms with Crippen LogP contribution in [0.15, 0.2) is 0 Å². The normalized spacial score (nSPS) is 31.5. The lowest BCUT2D eigenvalue weighted by Crippen LogP contribution is -2.56. The van der Waals surface area contributed by atoms with E-state index in [0.29, 0.717) is 32.3 Å². The molecule has 1 spiro atoms. The summed E-state index contributed by atoms with van der Waals surface area (Å²) in [5.74, 6) is -1.94. The van der Waals surface area contributed by atoms with Crippen LogP contribution in [-0.4, -0.2) is 41.4 Å². The molecule has 0 bridgehead atoms. The molecule has 1 unspecified atom stereocenters. The zero-order chi connectivity index (χ0) is 17.5. The first kappa shape index (κ1) is 18.0. The zero-order valence-corrected chi connectivity index (χ0v) is 13.2. The molecule has 8 heteroatoms. The lowest BCUT2D eigenvalue weighted by molar-refractivity contribution is -0.214. The first-order valence-electron chi connectivity index (χ1n) is 7.67. The molecule has 5 nitrogen and oxygen atoms in total. The third-order valence-electron chi connectivity index (χ3n) is 4.81. The van der Waals surface area contributed by atoms with E-state index in [-0.39, 0.29) is 6.04 Å². The molecule has 1 heterocycles. The third kappa shape index (κ3) is 3.97. The summed E-state index contributed by atoms with van der Waals surface area (Å²) in [6, 6.07) is -0.268. The van der Waals surface area contributed by atoms with Crippen LogP contribution in [0.5, 0.6) is 0 Å². The van der Waals surface area contributed by atoms with Crippen LogP contribution in [0.3, 0.4) is 0 Å². The number of nitrogens with one attached hydrogen (secondary N) is 1. The molecular formula is C15H22F3NO4. The van der Waals surface area contributed by atoms with Gasteiger partial charge in [-0.15, -0.1) is 0 Å². The third-order valence-corrected chi connectivity index (χ3v) is 4.81. The first-order valence-corrected chi connectivity index (χ1v) is 7.67. The van der Waals surface area contributed by atoms with Crippen molar-refractivity contribution in [3.8, 4) is 0 Å². The molecule has 1 saturated heterocycles. The number of carbonyl (C=O) groups is 2. The van der Waals surface area contributed by atoms with Gasteiger partial charge >= 0.3 is 12.1 Å². The second-order valence-corrected chi connectivity index (χ2v) is 7.29. The summed E-state index contributed by atoms with van der Waals surface area (Å²) >= 11 is 0. The molecule has 132 valence electrons. The Hall–Kier alpha value is -1.31. The molecule has 1 atom stereocenters. The van der Waals surface area contributed by atoms with E-state index in [4.69, 9.17) is 9.84 Å². The van der Waals surface area contributed by atoms with Gasteiger partial charge in [-0.3, -0.25) is 9.59 Å². The molecule has 0 aromatic carbocycles. The molecule has 0 radical (unpaired) electrons. The monoisotopic (exact) mass is 337 g/mol. The predicted molar refractivity (Wildman–Crippen MR) is 74.7 cm³/mol. The molecule has 1 saturated carbocycles. The lowest BCUT2D eigenvalue weighted by atomic mass is 9.66. The Labute approximate surface area is 132 Å². The van der Waals surface area contributed by atoms with Crippen molar-refractivity contribution in [1.29, 1.82) is 0 Å².